The summed E-state index contributed by atoms with van der Waals surface area (Å²) in [7, 11) is 0. The van der Waals surface area contributed by atoms with E-state index in [0.717, 1.165) is 0 Å². The molecule has 17 nitrogen and oxygen atoms in total. The van der Waals surface area contributed by atoms with E-state index in [1.807, 2.05) is 0 Å². The number of hydrogen-bond donors (Lipinski definition) is 9. The van der Waals surface area contributed by atoms with Gasteiger partial charge in [-0.25, -0.2) is 9.78 Å². The Morgan fingerprint density at radius 2 is 1.36 bits per heavy atom. The molecule has 0 aliphatic rings. The molecule has 0 aliphatic heterocycles. The summed E-state index contributed by atoms with van der Waals surface area (Å²) in [5.74, 6) is -7.86. The predicted octanol–water partition coefficient (Wildman–Crippen LogP) is -4.57. The number of carbonyl (C=O) groups is 7. The monoisotopic (exact) mass is 512 g/mol. The van der Waals surface area contributed by atoms with Gasteiger partial charge < -0.3 is 48.3 Å². The van der Waals surface area contributed by atoms with Gasteiger partial charge in [-0.3, -0.25) is 28.8 Å². The minimum atomic E-state index is -1.67. The number of aromatic amines is 1. The molecule has 1 heterocycles. The largest absolute Gasteiger partial charge is 0.481 e. The highest BCUT2D eigenvalue weighted by Gasteiger charge is 2.32. The van der Waals surface area contributed by atoms with E-state index >= 15 is 0 Å². The lowest BCUT2D eigenvalue weighted by atomic mass is 10.1. The summed E-state index contributed by atoms with van der Waals surface area (Å²) in [5, 5.41) is 24.5. The SMILES string of the molecule is NC(=O)CC(NC(=O)C(N)CCC(=O)O)C(=O)NC(CC(N)=O)C(=O)NC(Cc1cnc[nH]1)C(=O)O. The van der Waals surface area contributed by atoms with Crippen LogP contribution in [0.2, 0.25) is 0 Å². The molecule has 4 unspecified atom stereocenters. The van der Waals surface area contributed by atoms with Crippen molar-refractivity contribution in [2.75, 3.05) is 0 Å². The van der Waals surface area contributed by atoms with Gasteiger partial charge in [0.05, 0.1) is 25.2 Å². The Bertz CT molecular complexity index is 982. The normalized spacial score (nSPS) is 13.9. The second-order valence-corrected chi connectivity index (χ2v) is 7.68. The van der Waals surface area contributed by atoms with E-state index in [1.54, 1.807) is 0 Å². The molecule has 0 aromatic carbocycles. The number of primary amides is 2. The summed E-state index contributed by atoms with van der Waals surface area (Å²) >= 11 is 0. The van der Waals surface area contributed by atoms with Gasteiger partial charge in [-0.1, -0.05) is 0 Å². The van der Waals surface area contributed by atoms with Crippen molar-refractivity contribution in [1.82, 2.24) is 25.9 Å². The fourth-order valence-electron chi connectivity index (χ4n) is 2.87. The van der Waals surface area contributed by atoms with Crippen molar-refractivity contribution in [3.63, 3.8) is 0 Å². The molecule has 1 aromatic rings. The van der Waals surface area contributed by atoms with Crippen LogP contribution in [0.3, 0.4) is 0 Å². The number of nitrogens with one attached hydrogen (secondary N) is 4. The lowest BCUT2D eigenvalue weighted by Gasteiger charge is -2.24. The van der Waals surface area contributed by atoms with Gasteiger partial charge >= 0.3 is 11.9 Å². The lowest BCUT2D eigenvalue weighted by molar-refractivity contribution is -0.142. The maximum atomic E-state index is 12.7. The van der Waals surface area contributed by atoms with Gasteiger partial charge in [0.1, 0.15) is 18.1 Å². The van der Waals surface area contributed by atoms with Crippen LogP contribution in [0.5, 0.6) is 0 Å². The molecule has 0 bridgehead atoms. The number of imidazole rings is 1. The van der Waals surface area contributed by atoms with Crippen LogP contribution < -0.4 is 33.2 Å². The Balaban J connectivity index is 2.97. The van der Waals surface area contributed by atoms with Crippen LogP contribution in [-0.4, -0.2) is 85.8 Å². The zero-order valence-corrected chi connectivity index (χ0v) is 18.9. The second kappa shape index (κ2) is 14.0. The second-order valence-electron chi connectivity index (χ2n) is 7.68. The van der Waals surface area contributed by atoms with Crippen LogP contribution in [0.15, 0.2) is 12.5 Å². The first-order chi connectivity index (χ1) is 16.8. The van der Waals surface area contributed by atoms with Crippen molar-refractivity contribution in [2.24, 2.45) is 17.2 Å². The van der Waals surface area contributed by atoms with Crippen molar-refractivity contribution in [3.8, 4) is 0 Å². The molecule has 1 rings (SSSR count). The zero-order valence-electron chi connectivity index (χ0n) is 18.9. The molecule has 0 spiro atoms. The summed E-state index contributed by atoms with van der Waals surface area (Å²) in [4.78, 5) is 89.2. The van der Waals surface area contributed by atoms with Crippen molar-refractivity contribution in [1.29, 1.82) is 0 Å². The van der Waals surface area contributed by atoms with E-state index < -0.39 is 84.9 Å². The number of aliphatic carboxylic acids is 2. The zero-order chi connectivity index (χ0) is 27.4. The minimum Gasteiger partial charge on any atom is -0.481 e. The number of nitrogens with zero attached hydrogens (tertiary/aromatic N) is 1. The molecule has 1 aromatic heterocycles. The van der Waals surface area contributed by atoms with Crippen LogP contribution in [0.25, 0.3) is 0 Å². The van der Waals surface area contributed by atoms with Gasteiger partial charge in [0.2, 0.25) is 29.5 Å². The van der Waals surface area contributed by atoms with Gasteiger partial charge in [-0.15, -0.1) is 0 Å². The van der Waals surface area contributed by atoms with E-state index in [0.29, 0.717) is 5.69 Å². The van der Waals surface area contributed by atoms with Crippen LogP contribution in [-0.2, 0) is 40.0 Å². The highest BCUT2D eigenvalue weighted by Crippen LogP contribution is 2.03. The number of carboxylic acids is 2. The maximum Gasteiger partial charge on any atom is 0.326 e. The van der Waals surface area contributed by atoms with E-state index in [4.69, 9.17) is 22.3 Å². The van der Waals surface area contributed by atoms with Gasteiger partial charge in [0.25, 0.3) is 0 Å². The molecule has 0 fully saturated rings. The Morgan fingerprint density at radius 1 is 0.861 bits per heavy atom. The van der Waals surface area contributed by atoms with E-state index in [-0.39, 0.29) is 12.8 Å². The number of H-pyrrole nitrogens is 1. The number of amides is 5. The minimum absolute atomic E-state index is 0.201. The molecule has 5 amide bonds. The standard InChI is InChI=1S/C19H28N8O9/c20-9(1-2-15(30)31)16(32)25-10(4-13(21)28)17(33)26-11(5-14(22)29)18(34)27-12(19(35)36)3-8-6-23-7-24-8/h6-7,9-12H,1-5,20H2,(H2,21,28)(H2,22,29)(H,23,24)(H,25,32)(H,26,33)(H,27,34)(H,30,31)(H,35,36). The first-order valence-corrected chi connectivity index (χ1v) is 10.4. The third-order valence-corrected chi connectivity index (χ3v) is 4.68. The van der Waals surface area contributed by atoms with Gasteiger partial charge in [0.15, 0.2) is 0 Å². The Labute approximate surface area is 203 Å². The molecule has 4 atom stereocenters. The third-order valence-electron chi connectivity index (χ3n) is 4.68. The first-order valence-electron chi connectivity index (χ1n) is 10.4. The number of rotatable bonds is 16. The number of nitrogens with two attached hydrogens (primary N) is 3. The number of aromatic nitrogens is 2. The molecular formula is C19H28N8O9. The summed E-state index contributed by atoms with van der Waals surface area (Å²) in [6.07, 6.45) is 0.245. The number of carbonyl (C=O) groups excluding carboxylic acids is 5. The lowest BCUT2D eigenvalue weighted by Crippen LogP contribution is -2.58. The number of carboxylic acid groups (broad SMARTS) is 2. The molecule has 0 saturated carbocycles. The summed E-state index contributed by atoms with van der Waals surface area (Å²) in [6, 6.07) is -6.13. The van der Waals surface area contributed by atoms with E-state index in [9.17, 15) is 38.7 Å². The van der Waals surface area contributed by atoms with Crippen LogP contribution >= 0.6 is 0 Å². The van der Waals surface area contributed by atoms with Gasteiger partial charge in [-0.05, 0) is 6.42 Å². The quantitative estimate of drug-likeness (QED) is 0.101. The summed E-state index contributed by atoms with van der Waals surface area (Å²) in [5.41, 5.74) is 16.2. The molecule has 36 heavy (non-hydrogen) atoms. The average molecular weight is 512 g/mol. The van der Waals surface area contributed by atoms with E-state index in [2.05, 4.69) is 25.9 Å². The Hall–Kier alpha value is -4.54. The van der Waals surface area contributed by atoms with Crippen molar-refractivity contribution in [2.45, 2.75) is 56.3 Å². The van der Waals surface area contributed by atoms with Crippen LogP contribution in [0, 0.1) is 0 Å². The fraction of sp³-hybridized carbons (Fsp3) is 0.474. The molecule has 12 N–H and O–H groups in total. The molecule has 17 heteroatoms. The van der Waals surface area contributed by atoms with Crippen LogP contribution in [0.4, 0.5) is 0 Å². The molecule has 0 radical (unpaired) electrons. The maximum absolute atomic E-state index is 12.7. The van der Waals surface area contributed by atoms with Gasteiger partial charge in [0, 0.05) is 24.7 Å². The van der Waals surface area contributed by atoms with Crippen molar-refractivity contribution >= 4 is 41.5 Å². The highest BCUT2D eigenvalue weighted by atomic mass is 16.4. The first kappa shape index (κ1) is 29.5. The predicted molar refractivity (Wildman–Crippen MR) is 118 cm³/mol. The average Bonchev–Trinajstić information content (AvgIpc) is 3.28. The molecule has 0 aliphatic carbocycles. The molecule has 0 saturated heterocycles. The third kappa shape index (κ3) is 10.6. The number of hydrogen-bond acceptors (Lipinski definition) is 9. The van der Waals surface area contributed by atoms with Gasteiger partial charge in [-0.2, -0.15) is 0 Å². The summed E-state index contributed by atoms with van der Waals surface area (Å²) in [6.45, 7) is 0. The Kier molecular flexibility index (Phi) is 11.5. The van der Waals surface area contributed by atoms with E-state index in [1.165, 1.54) is 12.5 Å². The highest BCUT2D eigenvalue weighted by molar-refractivity contribution is 5.97. The smallest absolute Gasteiger partial charge is 0.326 e. The summed E-state index contributed by atoms with van der Waals surface area (Å²) < 4.78 is 0. The fourth-order valence-corrected chi connectivity index (χ4v) is 2.87. The Morgan fingerprint density at radius 3 is 1.78 bits per heavy atom. The molecular weight excluding hydrogens is 484 g/mol. The topological polar surface area (TPSA) is 303 Å². The van der Waals surface area contributed by atoms with Crippen LogP contribution in [0.1, 0.15) is 31.4 Å². The van der Waals surface area contributed by atoms with Crippen molar-refractivity contribution in [3.05, 3.63) is 18.2 Å². The van der Waals surface area contributed by atoms with Crippen molar-refractivity contribution < 1.29 is 43.8 Å². The molecule has 198 valence electrons.